The van der Waals surface area contributed by atoms with Gasteiger partial charge in [0.1, 0.15) is 5.75 Å². The first-order chi connectivity index (χ1) is 13.5. The van der Waals surface area contributed by atoms with Gasteiger partial charge in [0.2, 0.25) is 5.91 Å². The summed E-state index contributed by atoms with van der Waals surface area (Å²) in [5.74, 6) is 1.29. The van der Waals surface area contributed by atoms with Gasteiger partial charge in [0.05, 0.1) is 7.11 Å². The minimum absolute atomic E-state index is 0. The Bertz CT molecular complexity index is 792. The number of benzene rings is 2. The summed E-state index contributed by atoms with van der Waals surface area (Å²) in [5.41, 5.74) is 3.55. The summed E-state index contributed by atoms with van der Waals surface area (Å²) in [6.45, 7) is 3.74. The molecule has 0 aromatic heterocycles. The third-order valence-corrected chi connectivity index (χ3v) is 5.71. The summed E-state index contributed by atoms with van der Waals surface area (Å²) in [6.07, 6.45) is 2.79. The molecular formula is C24H33ClN2O2. The molecular weight excluding hydrogens is 384 g/mol. The second-order valence-corrected chi connectivity index (χ2v) is 7.90. The molecule has 3 rings (SSSR count). The number of hydrogen-bond acceptors (Lipinski definition) is 3. The number of carbonyl (C=O) groups excluding carboxylic acids is 1. The van der Waals surface area contributed by atoms with Crippen LogP contribution in [0.2, 0.25) is 0 Å². The van der Waals surface area contributed by atoms with Crippen LogP contribution in [0.4, 0.5) is 5.69 Å². The van der Waals surface area contributed by atoms with Gasteiger partial charge >= 0.3 is 0 Å². The van der Waals surface area contributed by atoms with Crippen LogP contribution in [0.15, 0.2) is 48.5 Å². The van der Waals surface area contributed by atoms with Crippen molar-refractivity contribution >= 4 is 24.0 Å². The van der Waals surface area contributed by atoms with E-state index in [1.807, 2.05) is 23.1 Å². The minimum atomic E-state index is -0.00652. The Balaban J connectivity index is 0.00000300. The third-order valence-electron chi connectivity index (χ3n) is 5.71. The molecule has 0 saturated carbocycles. The fourth-order valence-corrected chi connectivity index (χ4v) is 4.18. The molecule has 0 saturated heterocycles. The highest BCUT2D eigenvalue weighted by molar-refractivity contribution is 5.97. The van der Waals surface area contributed by atoms with E-state index in [-0.39, 0.29) is 30.2 Å². The van der Waals surface area contributed by atoms with E-state index in [0.29, 0.717) is 0 Å². The molecule has 0 bridgehead atoms. The maximum atomic E-state index is 13.7. The second kappa shape index (κ2) is 10.7. The fraction of sp³-hybridized carbons (Fsp3) is 0.458. The van der Waals surface area contributed by atoms with Gasteiger partial charge in [-0.1, -0.05) is 43.7 Å². The van der Waals surface area contributed by atoms with Crippen molar-refractivity contribution in [3.63, 3.8) is 0 Å². The van der Waals surface area contributed by atoms with Gasteiger partial charge in [-0.05, 0) is 62.2 Å². The zero-order valence-electron chi connectivity index (χ0n) is 17.9. The predicted molar refractivity (Wildman–Crippen MR) is 122 cm³/mol. The predicted octanol–water partition coefficient (Wildman–Crippen LogP) is 4.77. The first-order valence-electron chi connectivity index (χ1n) is 10.2. The van der Waals surface area contributed by atoms with Gasteiger partial charge in [0.25, 0.3) is 0 Å². The number of para-hydroxylation sites is 1. The maximum Gasteiger partial charge on any atom is 0.230 e. The number of amides is 1. The lowest BCUT2D eigenvalue weighted by molar-refractivity contribution is -0.123. The summed E-state index contributed by atoms with van der Waals surface area (Å²) in [7, 11) is 5.79. The van der Waals surface area contributed by atoms with Crippen LogP contribution >= 0.6 is 12.4 Å². The van der Waals surface area contributed by atoms with Gasteiger partial charge in [-0.25, -0.2) is 0 Å². The van der Waals surface area contributed by atoms with E-state index in [1.54, 1.807) is 7.11 Å². The van der Waals surface area contributed by atoms with Crippen molar-refractivity contribution in [2.45, 2.75) is 32.1 Å². The van der Waals surface area contributed by atoms with Gasteiger partial charge in [0.15, 0.2) is 0 Å². The number of fused-ring (bicyclic) bond motifs is 1. The molecule has 2 aromatic carbocycles. The Hall–Kier alpha value is -2.04. The normalized spacial score (nSPS) is 18.8. The van der Waals surface area contributed by atoms with Gasteiger partial charge in [0, 0.05) is 24.7 Å². The van der Waals surface area contributed by atoms with Crippen LogP contribution in [0.25, 0.3) is 0 Å². The van der Waals surface area contributed by atoms with E-state index >= 15 is 0 Å². The molecule has 1 aliphatic heterocycles. The number of hydrogen-bond donors (Lipinski definition) is 0. The number of likely N-dealkylation sites (N-methyl/N-ethyl adjacent to an activating group) is 1. The fourth-order valence-electron chi connectivity index (χ4n) is 4.18. The highest BCUT2D eigenvalue weighted by Gasteiger charge is 2.36. The van der Waals surface area contributed by atoms with Crippen LogP contribution < -0.4 is 9.64 Å². The summed E-state index contributed by atoms with van der Waals surface area (Å²) >= 11 is 0. The van der Waals surface area contributed by atoms with Crippen LogP contribution in [-0.4, -0.2) is 45.1 Å². The van der Waals surface area contributed by atoms with Crippen LogP contribution in [0, 0.1) is 5.92 Å². The number of anilines is 1. The topological polar surface area (TPSA) is 32.8 Å². The smallest absolute Gasteiger partial charge is 0.230 e. The molecule has 2 aromatic rings. The Morgan fingerprint density at radius 2 is 1.79 bits per heavy atom. The Kier molecular flexibility index (Phi) is 8.54. The van der Waals surface area contributed by atoms with Crippen molar-refractivity contribution in [1.82, 2.24) is 4.90 Å². The van der Waals surface area contributed by atoms with Crippen molar-refractivity contribution in [3.8, 4) is 5.75 Å². The highest BCUT2D eigenvalue weighted by Crippen LogP contribution is 2.40. The SMILES string of the molecule is CCC[C@H]1C(=O)N(CCN(C)C)c2ccccc2C[C@H]1c1ccc(OC)cc1.Cl. The third kappa shape index (κ3) is 5.31. The number of carbonyl (C=O) groups is 1. The summed E-state index contributed by atoms with van der Waals surface area (Å²) in [4.78, 5) is 17.9. The van der Waals surface area contributed by atoms with Crippen molar-refractivity contribution < 1.29 is 9.53 Å². The van der Waals surface area contributed by atoms with E-state index in [4.69, 9.17) is 4.74 Å². The number of methoxy groups -OCH3 is 1. The van der Waals surface area contributed by atoms with Crippen LogP contribution in [0.5, 0.6) is 5.75 Å². The molecule has 0 fully saturated rings. The summed E-state index contributed by atoms with van der Waals surface area (Å²) in [5, 5.41) is 0. The summed E-state index contributed by atoms with van der Waals surface area (Å²) < 4.78 is 5.32. The minimum Gasteiger partial charge on any atom is -0.497 e. The molecule has 0 N–H and O–H groups in total. The van der Waals surface area contributed by atoms with Crippen molar-refractivity contribution in [1.29, 1.82) is 0 Å². The Morgan fingerprint density at radius 1 is 1.10 bits per heavy atom. The molecule has 1 aliphatic rings. The van der Waals surface area contributed by atoms with Crippen LogP contribution in [-0.2, 0) is 11.2 Å². The number of rotatable bonds is 7. The van der Waals surface area contributed by atoms with Crippen LogP contribution in [0.1, 0.15) is 36.8 Å². The number of halogens is 1. The largest absolute Gasteiger partial charge is 0.497 e. The summed E-state index contributed by atoms with van der Waals surface area (Å²) in [6, 6.07) is 16.6. The van der Waals surface area contributed by atoms with E-state index in [0.717, 1.165) is 43.8 Å². The quantitative estimate of drug-likeness (QED) is 0.651. The first kappa shape index (κ1) is 23.2. The van der Waals surface area contributed by atoms with Gasteiger partial charge in [-0.2, -0.15) is 0 Å². The van der Waals surface area contributed by atoms with E-state index in [2.05, 4.69) is 56.3 Å². The Morgan fingerprint density at radius 3 is 2.41 bits per heavy atom. The molecule has 158 valence electrons. The average molecular weight is 417 g/mol. The van der Waals surface area contributed by atoms with Gasteiger partial charge in [-0.3, -0.25) is 4.79 Å². The highest BCUT2D eigenvalue weighted by atomic mass is 35.5. The van der Waals surface area contributed by atoms with E-state index in [9.17, 15) is 4.79 Å². The van der Waals surface area contributed by atoms with Gasteiger partial charge < -0.3 is 14.5 Å². The first-order valence-corrected chi connectivity index (χ1v) is 10.2. The average Bonchev–Trinajstić information content (AvgIpc) is 2.82. The van der Waals surface area contributed by atoms with Crippen molar-refractivity contribution in [3.05, 3.63) is 59.7 Å². The van der Waals surface area contributed by atoms with Gasteiger partial charge in [-0.15, -0.1) is 12.4 Å². The monoisotopic (exact) mass is 416 g/mol. The molecule has 0 unspecified atom stereocenters. The molecule has 2 atom stereocenters. The molecule has 1 amide bonds. The molecule has 0 aliphatic carbocycles. The molecule has 0 spiro atoms. The van der Waals surface area contributed by atoms with E-state index in [1.165, 1.54) is 11.1 Å². The standard InChI is InChI=1S/C24H32N2O2.ClH/c1-5-8-21-22(18-11-13-20(28-4)14-12-18)17-19-9-6-7-10-23(19)26(24(21)27)16-15-25(2)3;/h6-7,9-14,21-22H,5,8,15-17H2,1-4H3;1H/t21-,22+;/m1./s1. The lowest BCUT2D eigenvalue weighted by atomic mass is 9.79. The van der Waals surface area contributed by atoms with Crippen molar-refractivity contribution in [2.24, 2.45) is 5.92 Å². The lowest BCUT2D eigenvalue weighted by Gasteiger charge is -2.29. The number of ether oxygens (including phenoxy) is 1. The molecule has 29 heavy (non-hydrogen) atoms. The number of nitrogens with zero attached hydrogens (tertiary/aromatic N) is 2. The van der Waals surface area contributed by atoms with E-state index < -0.39 is 0 Å². The molecule has 1 heterocycles. The lowest BCUT2D eigenvalue weighted by Crippen LogP contribution is -2.41. The maximum absolute atomic E-state index is 13.7. The van der Waals surface area contributed by atoms with Crippen LogP contribution in [0.3, 0.4) is 0 Å². The second-order valence-electron chi connectivity index (χ2n) is 7.90. The van der Waals surface area contributed by atoms with Crippen molar-refractivity contribution in [2.75, 3.05) is 39.2 Å². The Labute approximate surface area is 181 Å². The molecule has 0 radical (unpaired) electrons. The zero-order valence-corrected chi connectivity index (χ0v) is 18.7. The molecule has 5 heteroatoms. The molecule has 4 nitrogen and oxygen atoms in total. The zero-order chi connectivity index (χ0) is 20.1.